The topological polar surface area (TPSA) is 232 Å². The summed E-state index contributed by atoms with van der Waals surface area (Å²) in [5.74, 6) is 0. The first-order valence-corrected chi connectivity index (χ1v) is 13.0. The van der Waals surface area contributed by atoms with Gasteiger partial charge in [-0.3, -0.25) is 0 Å². The molecule has 3 fully saturated rings. The Labute approximate surface area is 226 Å². The van der Waals surface area contributed by atoms with E-state index in [-0.39, 0.29) is 13.0 Å². The molecule has 0 aromatic heterocycles. The Morgan fingerprint density at radius 2 is 1.50 bits per heavy atom. The van der Waals surface area contributed by atoms with E-state index in [1.807, 2.05) is 0 Å². The van der Waals surface area contributed by atoms with Crippen molar-refractivity contribution in [1.29, 1.82) is 0 Å². The van der Waals surface area contributed by atoms with Crippen LogP contribution in [0.2, 0.25) is 0 Å². The van der Waals surface area contributed by atoms with Gasteiger partial charge in [0.15, 0.2) is 18.9 Å². The van der Waals surface area contributed by atoms with Crippen molar-refractivity contribution in [3.05, 3.63) is 0 Å². The van der Waals surface area contributed by atoms with Crippen molar-refractivity contribution in [1.82, 2.24) is 0 Å². The highest BCUT2D eigenvalue weighted by molar-refractivity contribution is 8.06. The minimum Gasteiger partial charge on any atom is -0.423 e. The van der Waals surface area contributed by atoms with E-state index in [0.29, 0.717) is 13.0 Å². The molecule has 0 amide bonds. The monoisotopic (exact) mass is 572 g/mol. The lowest BCUT2D eigenvalue weighted by atomic mass is 9.96. The maximum Gasteiger partial charge on any atom is 0.368 e. The summed E-state index contributed by atoms with van der Waals surface area (Å²) in [4.78, 5) is 0. The van der Waals surface area contributed by atoms with Gasteiger partial charge in [-0.15, -0.1) is 0 Å². The third-order valence-corrected chi connectivity index (χ3v) is 6.89. The zero-order valence-electron chi connectivity index (χ0n) is 20.9. The molecule has 14 atom stereocenters. The molecule has 3 saturated heterocycles. The first-order valence-electron chi connectivity index (χ1n) is 12.5. The summed E-state index contributed by atoms with van der Waals surface area (Å²) in [7, 11) is 0. The average Bonchev–Trinajstić information content (AvgIpc) is 2.90. The second-order valence-electron chi connectivity index (χ2n) is 9.40. The summed E-state index contributed by atoms with van der Waals surface area (Å²) in [6, 6.07) is 0. The van der Waals surface area contributed by atoms with Crippen molar-refractivity contribution in [3.8, 4) is 0 Å². The number of aliphatic hydroxyl groups excluding tert-OH is 7. The zero-order chi connectivity index (χ0) is 28.0. The van der Waals surface area contributed by atoms with Crippen LogP contribution in [0.3, 0.4) is 0 Å². The van der Waals surface area contributed by atoms with Crippen LogP contribution in [0.5, 0.6) is 0 Å². The summed E-state index contributed by atoms with van der Waals surface area (Å²) >= 11 is 3.92. The van der Waals surface area contributed by atoms with Crippen LogP contribution in [0.15, 0.2) is 0 Å². The quantitative estimate of drug-likeness (QED) is 0.0608. The van der Waals surface area contributed by atoms with Crippen molar-refractivity contribution >= 4 is 19.2 Å². The SMILES string of the molecule is CC1O[C@@H](OC2C(O[C@H]3OC(CO)[C@H](O)C(O)C3O)[C@@H](O)C(CO)O[C@H]2OCCCN)CC(O[B]S)[C@@H]1O. The Kier molecular flexibility index (Phi) is 12.9. The van der Waals surface area contributed by atoms with E-state index in [9.17, 15) is 35.7 Å². The van der Waals surface area contributed by atoms with Gasteiger partial charge in [0, 0.05) is 6.42 Å². The fourth-order valence-corrected chi connectivity index (χ4v) is 4.73. The highest BCUT2D eigenvalue weighted by atomic mass is 32.1. The normalized spacial score (nSPS) is 46.2. The van der Waals surface area contributed by atoms with Crippen LogP contribution in [0, 0.1) is 0 Å². The van der Waals surface area contributed by atoms with Crippen LogP contribution >= 0.6 is 12.5 Å². The van der Waals surface area contributed by atoms with E-state index in [1.165, 1.54) is 0 Å². The third kappa shape index (κ3) is 7.55. The van der Waals surface area contributed by atoms with Gasteiger partial charge in [0.2, 0.25) is 0 Å². The van der Waals surface area contributed by atoms with Gasteiger partial charge in [0.25, 0.3) is 0 Å². The molecule has 221 valence electrons. The Balaban J connectivity index is 1.86. The number of ether oxygens (including phenoxy) is 6. The second kappa shape index (κ2) is 15.2. The second-order valence-corrected chi connectivity index (χ2v) is 9.62. The summed E-state index contributed by atoms with van der Waals surface area (Å²) in [5.41, 5.74) is 5.56. The molecule has 9 N–H and O–H groups in total. The highest BCUT2D eigenvalue weighted by Gasteiger charge is 2.53. The fraction of sp³-hybridized carbons (Fsp3) is 1.00. The molecule has 0 aliphatic carbocycles. The molecule has 15 nitrogen and oxygen atoms in total. The first-order chi connectivity index (χ1) is 18.2. The maximum absolute atomic E-state index is 11.0. The van der Waals surface area contributed by atoms with Crippen LogP contribution in [-0.4, -0.2) is 155 Å². The number of nitrogens with two attached hydrogens (primary N) is 1. The third-order valence-electron chi connectivity index (χ3n) is 6.77. The predicted molar refractivity (Wildman–Crippen MR) is 129 cm³/mol. The molecule has 1 radical (unpaired) electrons. The molecule has 0 spiro atoms. The average molecular weight is 572 g/mol. The minimum atomic E-state index is -1.77. The van der Waals surface area contributed by atoms with E-state index < -0.39 is 99.2 Å². The Bertz CT molecular complexity index is 702. The van der Waals surface area contributed by atoms with E-state index >= 15 is 0 Å². The molecule has 0 aromatic rings. The van der Waals surface area contributed by atoms with Crippen molar-refractivity contribution in [2.75, 3.05) is 26.4 Å². The number of thiol groups is 1. The molecule has 0 aromatic carbocycles. The summed E-state index contributed by atoms with van der Waals surface area (Å²) < 4.78 is 40.1. The van der Waals surface area contributed by atoms with Gasteiger partial charge >= 0.3 is 6.76 Å². The van der Waals surface area contributed by atoms with Crippen LogP contribution in [-0.2, 0) is 33.1 Å². The van der Waals surface area contributed by atoms with E-state index in [2.05, 4.69) is 12.5 Å². The molecular weight excluding hydrogens is 533 g/mol. The number of hydrogen-bond donors (Lipinski definition) is 9. The summed E-state index contributed by atoms with van der Waals surface area (Å²) in [6.45, 7) is 1.87. The molecule has 3 heterocycles. The van der Waals surface area contributed by atoms with Crippen molar-refractivity contribution < 1.29 is 68.8 Å². The highest BCUT2D eigenvalue weighted by Crippen LogP contribution is 2.34. The molecule has 3 aliphatic heterocycles. The van der Waals surface area contributed by atoms with Crippen molar-refractivity contribution in [2.24, 2.45) is 5.73 Å². The molecule has 3 aliphatic rings. The van der Waals surface area contributed by atoms with E-state index in [0.717, 1.165) is 6.76 Å². The largest absolute Gasteiger partial charge is 0.423 e. The predicted octanol–water partition coefficient (Wildman–Crippen LogP) is -4.65. The molecule has 0 saturated carbocycles. The van der Waals surface area contributed by atoms with Gasteiger partial charge in [-0.05, 0) is 19.9 Å². The number of hydrogen-bond acceptors (Lipinski definition) is 16. The molecule has 17 heteroatoms. The van der Waals surface area contributed by atoms with Gasteiger partial charge < -0.3 is 74.6 Å². The van der Waals surface area contributed by atoms with Crippen LogP contribution in [0.4, 0.5) is 0 Å². The van der Waals surface area contributed by atoms with Gasteiger partial charge in [0.05, 0.1) is 32.0 Å². The Morgan fingerprint density at radius 1 is 0.842 bits per heavy atom. The van der Waals surface area contributed by atoms with Gasteiger partial charge in [-0.2, -0.15) is 12.5 Å². The van der Waals surface area contributed by atoms with Crippen LogP contribution in [0.1, 0.15) is 19.8 Å². The van der Waals surface area contributed by atoms with Gasteiger partial charge in [-0.1, -0.05) is 0 Å². The van der Waals surface area contributed by atoms with Gasteiger partial charge in [0.1, 0.15) is 54.9 Å². The zero-order valence-corrected chi connectivity index (χ0v) is 21.8. The van der Waals surface area contributed by atoms with Crippen molar-refractivity contribution in [3.63, 3.8) is 0 Å². The number of aliphatic hydroxyl groups is 7. The summed E-state index contributed by atoms with van der Waals surface area (Å²) in [5, 5.41) is 71.5. The number of rotatable bonds is 12. The standard InChI is InChI=1S/C21H39BNO14S/c1-8-13(26)9(37-22-38)5-12(32-8)35-19-18(15(28)11(7-25)34-21(19)31-4-2-3-23)36-20-17(30)16(29)14(27)10(6-24)33-20/h8-21,24-30,38H,2-7,23H2,1H3/t8?,9?,10?,11?,12-,13+,14-,15-,16?,17?,18?,19?,20+,21+/m0/s1. The Hall–Kier alpha value is -0.185. The molecular formula is C21H39BNO14S. The first kappa shape index (κ1) is 32.3. The summed E-state index contributed by atoms with van der Waals surface area (Å²) in [6.07, 6.45) is -17.6. The minimum absolute atomic E-state index is 0.0425. The fourth-order valence-electron chi connectivity index (χ4n) is 4.58. The van der Waals surface area contributed by atoms with Gasteiger partial charge in [-0.25, -0.2) is 0 Å². The van der Waals surface area contributed by atoms with Crippen LogP contribution in [0.25, 0.3) is 0 Å². The maximum atomic E-state index is 11.0. The van der Waals surface area contributed by atoms with Crippen LogP contribution < -0.4 is 5.73 Å². The lowest BCUT2D eigenvalue weighted by Gasteiger charge is -2.48. The molecule has 38 heavy (non-hydrogen) atoms. The Morgan fingerprint density at radius 3 is 2.13 bits per heavy atom. The van der Waals surface area contributed by atoms with Crippen molar-refractivity contribution in [2.45, 2.75) is 106 Å². The lowest BCUT2D eigenvalue weighted by Crippen LogP contribution is -2.66. The van der Waals surface area contributed by atoms with E-state index in [1.54, 1.807) is 6.92 Å². The molecule has 3 rings (SSSR count). The smallest absolute Gasteiger partial charge is 0.368 e. The molecule has 8 unspecified atom stereocenters. The van der Waals surface area contributed by atoms with E-state index in [4.69, 9.17) is 38.8 Å². The molecule has 0 bridgehead atoms. The lowest BCUT2D eigenvalue weighted by molar-refractivity contribution is -0.382.